The fraction of sp³-hybridized carbons (Fsp3) is 0.136. The number of sulfonamides is 1. The molecule has 0 aliphatic rings. The van der Waals surface area contributed by atoms with Crippen LogP contribution in [0.5, 0.6) is 5.75 Å². The Bertz CT molecular complexity index is 1110. The standard InChI is InChI=1S/C22H22N2O4S/c1-16-14-17(22(25)23-15-18-8-6-7-11-21(18)28-2)12-13-20(16)24-29(26,27)19-9-4-3-5-10-19/h3-14,24H,15H2,1-2H3,(H,23,25). The Morgan fingerprint density at radius 1 is 0.966 bits per heavy atom. The Labute approximate surface area is 170 Å². The molecule has 0 saturated carbocycles. The van der Waals surface area contributed by atoms with Gasteiger partial charge in [-0.15, -0.1) is 0 Å². The van der Waals surface area contributed by atoms with Gasteiger partial charge in [0.05, 0.1) is 17.7 Å². The zero-order valence-electron chi connectivity index (χ0n) is 16.2. The lowest BCUT2D eigenvalue weighted by Gasteiger charge is -2.13. The minimum absolute atomic E-state index is 0.179. The van der Waals surface area contributed by atoms with Crippen molar-refractivity contribution in [3.05, 3.63) is 89.5 Å². The molecule has 3 aromatic rings. The maximum absolute atomic E-state index is 12.5. The lowest BCUT2D eigenvalue weighted by Crippen LogP contribution is -2.23. The molecule has 0 radical (unpaired) electrons. The average Bonchev–Trinajstić information content (AvgIpc) is 2.74. The second kappa shape index (κ2) is 8.79. The van der Waals surface area contributed by atoms with Crippen LogP contribution >= 0.6 is 0 Å². The maximum Gasteiger partial charge on any atom is 0.261 e. The molecule has 0 bridgehead atoms. The molecule has 6 nitrogen and oxygen atoms in total. The van der Waals surface area contributed by atoms with Gasteiger partial charge in [-0.3, -0.25) is 9.52 Å². The number of aryl methyl sites for hydroxylation is 1. The molecular formula is C22H22N2O4S. The second-order valence-electron chi connectivity index (χ2n) is 6.44. The van der Waals surface area contributed by atoms with E-state index in [9.17, 15) is 13.2 Å². The van der Waals surface area contributed by atoms with E-state index < -0.39 is 10.0 Å². The van der Waals surface area contributed by atoms with Crippen LogP contribution in [0.3, 0.4) is 0 Å². The lowest BCUT2D eigenvalue weighted by atomic mass is 10.1. The summed E-state index contributed by atoms with van der Waals surface area (Å²) < 4.78 is 32.8. The molecule has 0 aliphatic heterocycles. The lowest BCUT2D eigenvalue weighted by molar-refractivity contribution is 0.0950. The van der Waals surface area contributed by atoms with Crippen LogP contribution in [0.15, 0.2) is 77.7 Å². The van der Waals surface area contributed by atoms with Crippen molar-refractivity contribution in [1.29, 1.82) is 0 Å². The number of rotatable bonds is 7. The van der Waals surface area contributed by atoms with E-state index in [0.717, 1.165) is 5.56 Å². The van der Waals surface area contributed by atoms with Crippen molar-refractivity contribution in [2.75, 3.05) is 11.8 Å². The maximum atomic E-state index is 12.5. The number of hydrogen-bond acceptors (Lipinski definition) is 4. The van der Waals surface area contributed by atoms with Gasteiger partial charge in [0, 0.05) is 17.7 Å². The van der Waals surface area contributed by atoms with Gasteiger partial charge in [0.25, 0.3) is 15.9 Å². The first kappa shape index (κ1) is 20.4. The van der Waals surface area contributed by atoms with Crippen LogP contribution in [0.25, 0.3) is 0 Å². The Balaban J connectivity index is 1.71. The third-order valence-corrected chi connectivity index (χ3v) is 5.80. The van der Waals surface area contributed by atoms with Crippen LogP contribution < -0.4 is 14.8 Å². The number of carbonyl (C=O) groups excluding carboxylic acids is 1. The van der Waals surface area contributed by atoms with E-state index in [0.29, 0.717) is 29.1 Å². The second-order valence-corrected chi connectivity index (χ2v) is 8.13. The summed E-state index contributed by atoms with van der Waals surface area (Å²) in [5, 5.41) is 2.85. The van der Waals surface area contributed by atoms with Gasteiger partial charge in [-0.2, -0.15) is 0 Å². The fourth-order valence-corrected chi connectivity index (χ4v) is 4.00. The highest BCUT2D eigenvalue weighted by atomic mass is 32.2. The number of para-hydroxylation sites is 1. The Morgan fingerprint density at radius 2 is 1.66 bits per heavy atom. The van der Waals surface area contributed by atoms with Crippen LogP contribution in [0, 0.1) is 6.92 Å². The van der Waals surface area contributed by atoms with E-state index in [-0.39, 0.29) is 10.8 Å². The van der Waals surface area contributed by atoms with Crippen LogP contribution in [0.1, 0.15) is 21.5 Å². The van der Waals surface area contributed by atoms with Crippen molar-refractivity contribution < 1.29 is 17.9 Å². The molecule has 0 saturated heterocycles. The van der Waals surface area contributed by atoms with Crippen molar-refractivity contribution in [1.82, 2.24) is 5.32 Å². The first-order valence-corrected chi connectivity index (χ1v) is 10.5. The molecule has 7 heteroatoms. The van der Waals surface area contributed by atoms with Crippen molar-refractivity contribution in [3.8, 4) is 5.75 Å². The van der Waals surface area contributed by atoms with Crippen LogP contribution in [0.4, 0.5) is 5.69 Å². The van der Waals surface area contributed by atoms with Crippen LogP contribution in [-0.4, -0.2) is 21.4 Å². The summed E-state index contributed by atoms with van der Waals surface area (Å²) in [5.41, 5.74) is 2.39. The summed E-state index contributed by atoms with van der Waals surface area (Å²) in [4.78, 5) is 12.7. The van der Waals surface area contributed by atoms with E-state index >= 15 is 0 Å². The molecule has 0 fully saturated rings. The minimum atomic E-state index is -3.69. The van der Waals surface area contributed by atoms with E-state index in [1.165, 1.54) is 12.1 Å². The highest BCUT2D eigenvalue weighted by Crippen LogP contribution is 2.21. The van der Waals surface area contributed by atoms with Gasteiger partial charge in [-0.1, -0.05) is 36.4 Å². The summed E-state index contributed by atoms with van der Waals surface area (Å²) in [6, 6.07) is 20.4. The molecule has 0 aromatic heterocycles. The fourth-order valence-electron chi connectivity index (χ4n) is 2.85. The number of amides is 1. The van der Waals surface area contributed by atoms with E-state index in [1.807, 2.05) is 24.3 Å². The molecule has 2 N–H and O–H groups in total. The molecule has 29 heavy (non-hydrogen) atoms. The van der Waals surface area contributed by atoms with Gasteiger partial charge in [0.2, 0.25) is 0 Å². The monoisotopic (exact) mass is 410 g/mol. The summed E-state index contributed by atoms with van der Waals surface area (Å²) in [5.74, 6) is 0.450. The highest BCUT2D eigenvalue weighted by molar-refractivity contribution is 7.92. The predicted octanol–water partition coefficient (Wildman–Crippen LogP) is 3.73. The van der Waals surface area contributed by atoms with Crippen LogP contribution in [-0.2, 0) is 16.6 Å². The van der Waals surface area contributed by atoms with Gasteiger partial charge in [-0.25, -0.2) is 8.42 Å². The molecule has 0 heterocycles. The van der Waals surface area contributed by atoms with Crippen molar-refractivity contribution in [3.63, 3.8) is 0 Å². The van der Waals surface area contributed by atoms with E-state index in [1.54, 1.807) is 50.4 Å². The smallest absolute Gasteiger partial charge is 0.261 e. The molecule has 3 rings (SSSR count). The van der Waals surface area contributed by atoms with Crippen molar-refractivity contribution >= 4 is 21.6 Å². The van der Waals surface area contributed by atoms with E-state index in [2.05, 4.69) is 10.0 Å². The highest BCUT2D eigenvalue weighted by Gasteiger charge is 2.16. The van der Waals surface area contributed by atoms with Gasteiger partial charge >= 0.3 is 0 Å². The largest absolute Gasteiger partial charge is 0.496 e. The summed E-state index contributed by atoms with van der Waals surface area (Å²) in [7, 11) is -2.10. The number of ether oxygens (including phenoxy) is 1. The third-order valence-electron chi connectivity index (χ3n) is 4.42. The van der Waals surface area contributed by atoms with Crippen molar-refractivity contribution in [2.24, 2.45) is 0 Å². The summed E-state index contributed by atoms with van der Waals surface area (Å²) in [6.45, 7) is 2.07. The van der Waals surface area contributed by atoms with Gasteiger partial charge < -0.3 is 10.1 Å². The quantitative estimate of drug-likeness (QED) is 0.622. The van der Waals surface area contributed by atoms with Gasteiger partial charge in [0.1, 0.15) is 5.75 Å². The van der Waals surface area contributed by atoms with Gasteiger partial charge in [0.15, 0.2) is 0 Å². The number of carbonyl (C=O) groups is 1. The van der Waals surface area contributed by atoms with Gasteiger partial charge in [-0.05, 0) is 48.9 Å². The number of nitrogens with one attached hydrogen (secondary N) is 2. The topological polar surface area (TPSA) is 84.5 Å². The van der Waals surface area contributed by atoms with Crippen LogP contribution in [0.2, 0.25) is 0 Å². The summed E-state index contributed by atoms with van der Waals surface area (Å²) in [6.07, 6.45) is 0. The molecular weight excluding hydrogens is 388 g/mol. The molecule has 0 atom stereocenters. The SMILES string of the molecule is COc1ccccc1CNC(=O)c1ccc(NS(=O)(=O)c2ccccc2)c(C)c1. The van der Waals surface area contributed by atoms with E-state index in [4.69, 9.17) is 4.74 Å². The average molecular weight is 410 g/mol. The Hall–Kier alpha value is -3.32. The first-order valence-electron chi connectivity index (χ1n) is 8.99. The number of anilines is 1. The Kier molecular flexibility index (Phi) is 6.19. The van der Waals surface area contributed by atoms with Crippen molar-refractivity contribution in [2.45, 2.75) is 18.4 Å². The molecule has 3 aromatic carbocycles. The normalized spacial score (nSPS) is 11.0. The molecule has 0 aliphatic carbocycles. The predicted molar refractivity (Wildman–Crippen MR) is 113 cm³/mol. The molecule has 0 spiro atoms. The number of hydrogen-bond donors (Lipinski definition) is 2. The first-order chi connectivity index (χ1) is 13.9. The Morgan fingerprint density at radius 3 is 2.34 bits per heavy atom. The zero-order chi connectivity index (χ0) is 20.9. The number of benzene rings is 3. The zero-order valence-corrected chi connectivity index (χ0v) is 17.0. The third kappa shape index (κ3) is 4.94. The number of methoxy groups -OCH3 is 1. The minimum Gasteiger partial charge on any atom is -0.496 e. The summed E-state index contributed by atoms with van der Waals surface area (Å²) >= 11 is 0. The molecule has 1 amide bonds. The molecule has 0 unspecified atom stereocenters. The molecule has 150 valence electrons.